The zero-order valence-electron chi connectivity index (χ0n) is 9.91. The molecule has 0 saturated carbocycles. The van der Waals surface area contributed by atoms with Gasteiger partial charge < -0.3 is 10.1 Å². The third-order valence-electron chi connectivity index (χ3n) is 2.10. The van der Waals surface area contributed by atoms with Crippen LogP contribution in [0, 0.1) is 6.92 Å². The Morgan fingerprint density at radius 1 is 1.44 bits per heavy atom. The Labute approximate surface area is 96.1 Å². The predicted octanol–water partition coefficient (Wildman–Crippen LogP) is 2.87. The van der Waals surface area contributed by atoms with Gasteiger partial charge >= 0.3 is 5.97 Å². The Morgan fingerprint density at radius 2 is 2.12 bits per heavy atom. The van der Waals surface area contributed by atoms with E-state index in [1.807, 2.05) is 38.1 Å². The van der Waals surface area contributed by atoms with Gasteiger partial charge in [-0.25, -0.2) is 4.79 Å². The van der Waals surface area contributed by atoms with Crippen LogP contribution in [0.1, 0.15) is 19.4 Å². The van der Waals surface area contributed by atoms with Gasteiger partial charge in [0.25, 0.3) is 0 Å². The van der Waals surface area contributed by atoms with Gasteiger partial charge in [0.05, 0.1) is 6.61 Å². The summed E-state index contributed by atoms with van der Waals surface area (Å²) in [6, 6.07) is 7.91. The standard InChI is InChI=1S/C13H17NO2/c1-4-16-13(15)9-11(3)14-12-8-6-5-7-10(12)2/h5-9,14H,4H2,1-3H3/b11-9-. The highest BCUT2D eigenvalue weighted by atomic mass is 16.5. The van der Waals surface area contributed by atoms with Crippen molar-refractivity contribution in [1.82, 2.24) is 0 Å². The first-order valence-electron chi connectivity index (χ1n) is 5.31. The van der Waals surface area contributed by atoms with Crippen molar-refractivity contribution in [1.29, 1.82) is 0 Å². The van der Waals surface area contributed by atoms with Crippen LogP contribution in [0.5, 0.6) is 0 Å². The number of para-hydroxylation sites is 1. The quantitative estimate of drug-likeness (QED) is 0.625. The molecule has 0 amide bonds. The zero-order chi connectivity index (χ0) is 12.0. The third-order valence-corrected chi connectivity index (χ3v) is 2.10. The van der Waals surface area contributed by atoms with Gasteiger partial charge in [-0.05, 0) is 32.4 Å². The van der Waals surface area contributed by atoms with Crippen molar-refractivity contribution < 1.29 is 9.53 Å². The highest BCUT2D eigenvalue weighted by molar-refractivity contribution is 5.83. The molecule has 0 aromatic heterocycles. The number of nitrogens with one attached hydrogen (secondary N) is 1. The van der Waals surface area contributed by atoms with Crippen molar-refractivity contribution >= 4 is 11.7 Å². The fraction of sp³-hybridized carbons (Fsp3) is 0.308. The van der Waals surface area contributed by atoms with Crippen LogP contribution in [0.2, 0.25) is 0 Å². The second kappa shape index (κ2) is 5.95. The molecule has 0 radical (unpaired) electrons. The minimum atomic E-state index is -0.318. The molecule has 0 aliphatic heterocycles. The highest BCUT2D eigenvalue weighted by Crippen LogP contribution is 2.15. The largest absolute Gasteiger partial charge is 0.463 e. The molecule has 0 heterocycles. The lowest BCUT2D eigenvalue weighted by Crippen LogP contribution is -2.04. The molecule has 0 saturated heterocycles. The van der Waals surface area contributed by atoms with Crippen LogP contribution < -0.4 is 5.32 Å². The van der Waals surface area contributed by atoms with Crippen molar-refractivity contribution in [2.24, 2.45) is 0 Å². The first-order chi connectivity index (χ1) is 7.63. The molecule has 0 unspecified atom stereocenters. The van der Waals surface area contributed by atoms with Crippen LogP contribution in [0.3, 0.4) is 0 Å². The van der Waals surface area contributed by atoms with Crippen LogP contribution in [0.25, 0.3) is 0 Å². The third kappa shape index (κ3) is 3.77. The van der Waals surface area contributed by atoms with Crippen LogP contribution in [-0.4, -0.2) is 12.6 Å². The van der Waals surface area contributed by atoms with Crippen LogP contribution in [0.4, 0.5) is 5.69 Å². The molecular formula is C13H17NO2. The maximum absolute atomic E-state index is 11.2. The average Bonchev–Trinajstić information content (AvgIpc) is 2.21. The van der Waals surface area contributed by atoms with Crippen LogP contribution >= 0.6 is 0 Å². The second-order valence-electron chi connectivity index (χ2n) is 3.52. The van der Waals surface area contributed by atoms with Gasteiger partial charge in [0, 0.05) is 17.5 Å². The van der Waals surface area contributed by atoms with E-state index in [4.69, 9.17) is 4.74 Å². The number of benzene rings is 1. The number of aryl methyl sites for hydroxylation is 1. The number of anilines is 1. The highest BCUT2D eigenvalue weighted by Gasteiger charge is 2.00. The van der Waals surface area contributed by atoms with E-state index in [9.17, 15) is 4.79 Å². The Hall–Kier alpha value is -1.77. The normalized spacial score (nSPS) is 11.1. The molecule has 0 atom stereocenters. The molecule has 3 heteroatoms. The number of allylic oxidation sites excluding steroid dienone is 1. The number of hydrogen-bond acceptors (Lipinski definition) is 3. The van der Waals surface area contributed by atoms with Gasteiger partial charge in [-0.1, -0.05) is 18.2 Å². The number of hydrogen-bond donors (Lipinski definition) is 1. The van der Waals surface area contributed by atoms with E-state index < -0.39 is 0 Å². The summed E-state index contributed by atoms with van der Waals surface area (Å²) in [5.74, 6) is -0.318. The lowest BCUT2D eigenvalue weighted by Gasteiger charge is -2.09. The SMILES string of the molecule is CCOC(=O)/C=C(/C)Nc1ccccc1C. The monoisotopic (exact) mass is 219 g/mol. The van der Waals surface area contributed by atoms with Crippen molar-refractivity contribution in [2.75, 3.05) is 11.9 Å². The molecular weight excluding hydrogens is 202 g/mol. The summed E-state index contributed by atoms with van der Waals surface area (Å²) in [6.07, 6.45) is 1.45. The fourth-order valence-electron chi connectivity index (χ4n) is 1.32. The first-order valence-corrected chi connectivity index (χ1v) is 5.31. The Bertz CT molecular complexity index is 397. The molecule has 3 nitrogen and oxygen atoms in total. The van der Waals surface area contributed by atoms with Gasteiger partial charge in [-0.3, -0.25) is 0 Å². The Balaban J connectivity index is 2.67. The van der Waals surface area contributed by atoms with Gasteiger partial charge in [0.1, 0.15) is 0 Å². The second-order valence-corrected chi connectivity index (χ2v) is 3.52. The van der Waals surface area contributed by atoms with Gasteiger partial charge in [-0.15, -0.1) is 0 Å². The van der Waals surface area contributed by atoms with E-state index in [1.54, 1.807) is 6.92 Å². The fourth-order valence-corrected chi connectivity index (χ4v) is 1.32. The van der Waals surface area contributed by atoms with Crippen molar-refractivity contribution in [3.8, 4) is 0 Å². The van der Waals surface area contributed by atoms with Crippen LogP contribution in [-0.2, 0) is 9.53 Å². The topological polar surface area (TPSA) is 38.3 Å². The number of esters is 1. The summed E-state index contributed by atoms with van der Waals surface area (Å²) in [6.45, 7) is 6.03. The van der Waals surface area contributed by atoms with Crippen molar-refractivity contribution in [3.63, 3.8) is 0 Å². The lowest BCUT2D eigenvalue weighted by atomic mass is 10.2. The molecule has 1 aromatic carbocycles. The maximum atomic E-state index is 11.2. The van der Waals surface area contributed by atoms with E-state index in [0.717, 1.165) is 16.9 Å². The van der Waals surface area contributed by atoms with Crippen molar-refractivity contribution in [2.45, 2.75) is 20.8 Å². The van der Waals surface area contributed by atoms with E-state index >= 15 is 0 Å². The molecule has 0 fully saturated rings. The molecule has 1 N–H and O–H groups in total. The maximum Gasteiger partial charge on any atom is 0.332 e. The Morgan fingerprint density at radius 3 is 2.75 bits per heavy atom. The first kappa shape index (κ1) is 12.3. The van der Waals surface area contributed by atoms with Gasteiger partial charge in [0.15, 0.2) is 0 Å². The summed E-state index contributed by atoms with van der Waals surface area (Å²) in [7, 11) is 0. The smallest absolute Gasteiger partial charge is 0.332 e. The van der Waals surface area contributed by atoms with E-state index in [0.29, 0.717) is 6.61 Å². The Kier molecular flexibility index (Phi) is 4.58. The minimum absolute atomic E-state index is 0.318. The summed E-state index contributed by atoms with van der Waals surface area (Å²) in [5.41, 5.74) is 2.91. The molecule has 16 heavy (non-hydrogen) atoms. The minimum Gasteiger partial charge on any atom is -0.463 e. The van der Waals surface area contributed by atoms with Crippen LogP contribution in [0.15, 0.2) is 36.0 Å². The zero-order valence-corrected chi connectivity index (χ0v) is 9.91. The van der Waals surface area contributed by atoms with Gasteiger partial charge in [-0.2, -0.15) is 0 Å². The molecule has 0 aliphatic carbocycles. The molecule has 86 valence electrons. The summed E-state index contributed by atoms with van der Waals surface area (Å²) < 4.78 is 4.83. The average molecular weight is 219 g/mol. The summed E-state index contributed by atoms with van der Waals surface area (Å²) in [4.78, 5) is 11.2. The molecule has 0 aliphatic rings. The van der Waals surface area contributed by atoms with E-state index in [2.05, 4.69) is 5.32 Å². The number of carbonyl (C=O) groups is 1. The van der Waals surface area contributed by atoms with E-state index in [1.165, 1.54) is 6.08 Å². The van der Waals surface area contributed by atoms with E-state index in [-0.39, 0.29) is 5.97 Å². The van der Waals surface area contributed by atoms with Crippen molar-refractivity contribution in [3.05, 3.63) is 41.6 Å². The number of rotatable bonds is 4. The number of carbonyl (C=O) groups excluding carboxylic acids is 1. The predicted molar refractivity (Wildman–Crippen MR) is 65.2 cm³/mol. The molecule has 1 aromatic rings. The number of ether oxygens (including phenoxy) is 1. The molecule has 0 bridgehead atoms. The molecule has 0 spiro atoms. The molecule has 1 rings (SSSR count). The summed E-state index contributed by atoms with van der Waals surface area (Å²) in [5, 5.41) is 3.16. The van der Waals surface area contributed by atoms with Gasteiger partial charge in [0.2, 0.25) is 0 Å². The lowest BCUT2D eigenvalue weighted by molar-refractivity contribution is -0.137. The summed E-state index contributed by atoms with van der Waals surface area (Å²) >= 11 is 0.